The van der Waals surface area contributed by atoms with Crippen LogP contribution in [0, 0.1) is 6.92 Å². The van der Waals surface area contributed by atoms with E-state index >= 15 is 0 Å². The van der Waals surface area contributed by atoms with Gasteiger partial charge >= 0.3 is 0 Å². The van der Waals surface area contributed by atoms with Crippen molar-refractivity contribution in [3.05, 3.63) is 47.3 Å². The van der Waals surface area contributed by atoms with Gasteiger partial charge in [0.25, 0.3) is 0 Å². The third-order valence-corrected chi connectivity index (χ3v) is 5.24. The molecule has 2 aromatic heterocycles. The lowest BCUT2D eigenvalue weighted by molar-refractivity contribution is -0.116. The van der Waals surface area contributed by atoms with Crippen LogP contribution in [0.2, 0.25) is 0 Å². The Kier molecular flexibility index (Phi) is 3.86. The number of aryl methyl sites for hydroxylation is 3. The molecule has 25 heavy (non-hydrogen) atoms. The SMILES string of the molecule is CCCCn1nc(C)c2c1NC(=O)C[C@H]2c1cc2ccccc2n1C. The van der Waals surface area contributed by atoms with E-state index in [1.54, 1.807) is 0 Å². The van der Waals surface area contributed by atoms with Crippen LogP contribution in [0.15, 0.2) is 30.3 Å². The molecule has 1 aliphatic rings. The molecule has 1 atom stereocenters. The second kappa shape index (κ2) is 6.06. The van der Waals surface area contributed by atoms with Gasteiger partial charge in [-0.25, -0.2) is 4.68 Å². The molecule has 0 spiro atoms. The number of rotatable bonds is 4. The highest BCUT2D eigenvalue weighted by Gasteiger charge is 2.33. The van der Waals surface area contributed by atoms with Crippen molar-refractivity contribution in [2.75, 3.05) is 5.32 Å². The number of amides is 1. The van der Waals surface area contributed by atoms with E-state index in [0.29, 0.717) is 6.42 Å². The first-order chi connectivity index (χ1) is 12.1. The molecule has 0 aliphatic carbocycles. The molecule has 0 bridgehead atoms. The summed E-state index contributed by atoms with van der Waals surface area (Å²) in [6.07, 6.45) is 2.63. The van der Waals surface area contributed by atoms with Gasteiger partial charge in [-0.05, 0) is 30.9 Å². The van der Waals surface area contributed by atoms with Crippen molar-refractivity contribution in [3.8, 4) is 0 Å². The van der Waals surface area contributed by atoms with Crippen molar-refractivity contribution in [2.24, 2.45) is 7.05 Å². The molecule has 0 radical (unpaired) electrons. The summed E-state index contributed by atoms with van der Waals surface area (Å²) in [6.45, 7) is 5.06. The minimum Gasteiger partial charge on any atom is -0.347 e. The van der Waals surface area contributed by atoms with Crippen LogP contribution in [0.4, 0.5) is 5.82 Å². The Morgan fingerprint density at radius 3 is 2.88 bits per heavy atom. The molecule has 1 N–H and O–H groups in total. The minimum absolute atomic E-state index is 0.0523. The Bertz CT molecular complexity index is 950. The number of hydrogen-bond acceptors (Lipinski definition) is 2. The maximum Gasteiger partial charge on any atom is 0.226 e. The summed E-state index contributed by atoms with van der Waals surface area (Å²) in [6, 6.07) is 10.6. The number of hydrogen-bond donors (Lipinski definition) is 1. The van der Waals surface area contributed by atoms with Gasteiger partial charge in [-0.3, -0.25) is 4.79 Å². The Morgan fingerprint density at radius 2 is 2.12 bits per heavy atom. The third-order valence-electron chi connectivity index (χ3n) is 5.24. The Labute approximate surface area is 147 Å². The molecule has 0 saturated carbocycles. The van der Waals surface area contributed by atoms with Gasteiger partial charge in [-0.1, -0.05) is 31.5 Å². The summed E-state index contributed by atoms with van der Waals surface area (Å²) in [5.74, 6) is 1.01. The summed E-state index contributed by atoms with van der Waals surface area (Å²) in [5.41, 5.74) is 4.56. The van der Waals surface area contributed by atoms with E-state index in [-0.39, 0.29) is 11.8 Å². The van der Waals surface area contributed by atoms with Crippen molar-refractivity contribution in [1.29, 1.82) is 0 Å². The minimum atomic E-state index is 0.0523. The van der Waals surface area contributed by atoms with Crippen molar-refractivity contribution >= 4 is 22.6 Å². The van der Waals surface area contributed by atoms with Crippen molar-refractivity contribution in [3.63, 3.8) is 0 Å². The van der Waals surface area contributed by atoms with Gasteiger partial charge < -0.3 is 9.88 Å². The quantitative estimate of drug-likeness (QED) is 0.784. The lowest BCUT2D eigenvalue weighted by Gasteiger charge is -2.24. The third kappa shape index (κ3) is 2.54. The van der Waals surface area contributed by atoms with Crippen LogP contribution >= 0.6 is 0 Å². The van der Waals surface area contributed by atoms with Crippen molar-refractivity contribution < 1.29 is 4.79 Å². The summed E-state index contributed by atoms with van der Waals surface area (Å²) in [5, 5.41) is 8.99. The number of unbranched alkanes of at least 4 members (excludes halogenated alkanes) is 1. The van der Waals surface area contributed by atoms with Crippen molar-refractivity contribution in [2.45, 2.75) is 45.6 Å². The van der Waals surface area contributed by atoms with E-state index < -0.39 is 0 Å². The highest BCUT2D eigenvalue weighted by atomic mass is 16.1. The maximum absolute atomic E-state index is 12.4. The number of para-hydroxylation sites is 1. The Hall–Kier alpha value is -2.56. The molecule has 0 fully saturated rings. The fraction of sp³-hybridized carbons (Fsp3) is 0.400. The number of benzene rings is 1. The van der Waals surface area contributed by atoms with Gasteiger partial charge in [0.2, 0.25) is 5.91 Å². The number of anilines is 1. The van der Waals surface area contributed by atoms with Gasteiger partial charge in [0.15, 0.2) is 0 Å². The van der Waals surface area contributed by atoms with Gasteiger partial charge in [0.05, 0.1) is 5.69 Å². The number of carbonyl (C=O) groups excluding carboxylic acids is 1. The average Bonchev–Trinajstić information content (AvgIpc) is 3.10. The number of fused-ring (bicyclic) bond motifs is 2. The molecular formula is C20H24N4O. The highest BCUT2D eigenvalue weighted by Crippen LogP contribution is 2.40. The van der Waals surface area contributed by atoms with E-state index in [1.807, 2.05) is 4.68 Å². The lowest BCUT2D eigenvalue weighted by atomic mass is 9.89. The van der Waals surface area contributed by atoms with Crippen LogP contribution in [0.3, 0.4) is 0 Å². The summed E-state index contributed by atoms with van der Waals surface area (Å²) in [4.78, 5) is 12.4. The molecule has 3 aromatic rings. The van der Waals surface area contributed by atoms with E-state index in [9.17, 15) is 4.79 Å². The van der Waals surface area contributed by atoms with E-state index in [4.69, 9.17) is 5.10 Å². The standard InChI is InChI=1S/C20H24N4O/c1-4-5-10-24-20-19(13(2)22-24)15(12-18(25)21-20)17-11-14-8-6-7-9-16(14)23(17)3/h6-9,11,15H,4-5,10,12H2,1-3H3,(H,21,25)/t15-/m0/s1. The number of aromatic nitrogens is 3. The van der Waals surface area contributed by atoms with E-state index in [0.717, 1.165) is 30.9 Å². The van der Waals surface area contributed by atoms with Crippen LogP contribution in [0.5, 0.6) is 0 Å². The largest absolute Gasteiger partial charge is 0.347 e. The van der Waals surface area contributed by atoms with Gasteiger partial charge in [0, 0.05) is 42.7 Å². The van der Waals surface area contributed by atoms with Gasteiger partial charge in [-0.15, -0.1) is 0 Å². The average molecular weight is 336 g/mol. The maximum atomic E-state index is 12.4. The predicted molar refractivity (Wildman–Crippen MR) is 99.9 cm³/mol. The molecule has 1 aliphatic heterocycles. The Morgan fingerprint density at radius 1 is 1.32 bits per heavy atom. The number of carbonyl (C=O) groups is 1. The molecule has 5 nitrogen and oxygen atoms in total. The zero-order valence-corrected chi connectivity index (χ0v) is 15.0. The fourth-order valence-electron chi connectivity index (χ4n) is 3.98. The molecule has 1 amide bonds. The Balaban J connectivity index is 1.85. The van der Waals surface area contributed by atoms with E-state index in [1.165, 1.54) is 22.2 Å². The smallest absolute Gasteiger partial charge is 0.226 e. The second-order valence-electron chi connectivity index (χ2n) is 6.92. The first-order valence-corrected chi connectivity index (χ1v) is 9.01. The first-order valence-electron chi connectivity index (χ1n) is 9.01. The monoisotopic (exact) mass is 336 g/mol. The summed E-state index contributed by atoms with van der Waals surface area (Å²) < 4.78 is 4.19. The summed E-state index contributed by atoms with van der Waals surface area (Å²) >= 11 is 0. The topological polar surface area (TPSA) is 51.9 Å². The van der Waals surface area contributed by atoms with Crippen molar-refractivity contribution in [1.82, 2.24) is 14.3 Å². The van der Waals surface area contributed by atoms with Crippen LogP contribution in [-0.2, 0) is 18.4 Å². The van der Waals surface area contributed by atoms with Gasteiger partial charge in [-0.2, -0.15) is 5.10 Å². The normalized spacial score (nSPS) is 16.9. The first kappa shape index (κ1) is 15.9. The lowest BCUT2D eigenvalue weighted by Crippen LogP contribution is -2.26. The predicted octanol–water partition coefficient (Wildman–Crippen LogP) is 3.96. The summed E-state index contributed by atoms with van der Waals surface area (Å²) in [7, 11) is 2.08. The molecule has 0 unspecified atom stereocenters. The van der Waals surface area contributed by atoms with E-state index in [2.05, 4.69) is 61.1 Å². The van der Waals surface area contributed by atoms with Crippen LogP contribution < -0.4 is 5.32 Å². The van der Waals surface area contributed by atoms with Crippen LogP contribution in [0.25, 0.3) is 10.9 Å². The zero-order valence-electron chi connectivity index (χ0n) is 15.0. The molecule has 130 valence electrons. The molecule has 4 rings (SSSR count). The second-order valence-corrected chi connectivity index (χ2v) is 6.92. The molecule has 5 heteroatoms. The zero-order chi connectivity index (χ0) is 17.6. The van der Waals surface area contributed by atoms with Crippen LogP contribution in [0.1, 0.15) is 49.1 Å². The number of nitrogens with zero attached hydrogens (tertiary/aromatic N) is 3. The molecule has 1 aromatic carbocycles. The van der Waals surface area contributed by atoms with Gasteiger partial charge in [0.1, 0.15) is 5.82 Å². The molecule has 3 heterocycles. The molecular weight excluding hydrogens is 312 g/mol. The van der Waals surface area contributed by atoms with Crippen LogP contribution in [-0.4, -0.2) is 20.3 Å². The number of nitrogens with one attached hydrogen (secondary N) is 1. The molecule has 0 saturated heterocycles. The highest BCUT2D eigenvalue weighted by molar-refractivity contribution is 5.95. The fourth-order valence-corrected chi connectivity index (χ4v) is 3.98.